The predicted octanol–water partition coefficient (Wildman–Crippen LogP) is 1.75. The molecule has 0 aromatic heterocycles. The molecule has 0 aromatic rings. The summed E-state index contributed by atoms with van der Waals surface area (Å²) in [6.45, 7) is 3.96. The number of hydrogen-bond donors (Lipinski definition) is 1. The van der Waals surface area contributed by atoms with Crippen LogP contribution in [0, 0.1) is 0 Å². The Morgan fingerprint density at radius 1 is 1.29 bits per heavy atom. The highest BCUT2D eigenvalue weighted by Crippen LogP contribution is 1.91. The average molecular weight is 169 g/mol. The first kappa shape index (κ1) is 10.4. The summed E-state index contributed by atoms with van der Waals surface area (Å²) in [6.07, 6.45) is 1.71. The van der Waals surface area contributed by atoms with Crippen LogP contribution in [0.2, 0.25) is 0 Å². The maximum atomic E-state index is 8.67. The van der Waals surface area contributed by atoms with Gasteiger partial charge >= 0.3 is 0 Å². The van der Waals surface area contributed by atoms with Gasteiger partial charge < -0.3 is 5.11 Å². The van der Waals surface area contributed by atoms with Crippen LogP contribution >= 0.6 is 17.0 Å². The number of aliphatic hydroxyl groups excluding tert-OH is 1. The minimum atomic E-state index is -0.0648. The molecule has 2 heteroatoms. The summed E-state index contributed by atoms with van der Waals surface area (Å²) < 4.78 is 0. The van der Waals surface area contributed by atoms with Gasteiger partial charge in [-0.25, -0.2) is 0 Å². The smallest absolute Gasteiger partial charge is 0.0535 e. The fourth-order valence-electron chi connectivity index (χ4n) is 0.289. The summed E-state index contributed by atoms with van der Waals surface area (Å²) in [4.78, 5) is 0. The second-order valence-corrected chi connectivity index (χ2v) is 1.47. The van der Waals surface area contributed by atoms with E-state index in [4.69, 9.17) is 5.11 Å². The summed E-state index contributed by atoms with van der Waals surface area (Å²) in [6, 6.07) is 0. The number of aliphatic hydroxyl groups is 1. The van der Waals surface area contributed by atoms with Crippen molar-refractivity contribution in [2.45, 2.75) is 32.8 Å². The lowest BCUT2D eigenvalue weighted by Crippen LogP contribution is -1.99. The van der Waals surface area contributed by atoms with Gasteiger partial charge in [0.05, 0.1) is 6.10 Å². The van der Waals surface area contributed by atoms with Crippen LogP contribution in [0.15, 0.2) is 0 Å². The van der Waals surface area contributed by atoms with Gasteiger partial charge in [-0.05, 0) is 12.8 Å². The number of hydrogen-bond acceptors (Lipinski definition) is 1. The molecule has 0 saturated heterocycles. The number of rotatable bonds is 2. The Balaban J connectivity index is 0. The molecule has 1 nitrogen and oxygen atoms in total. The van der Waals surface area contributed by atoms with Crippen LogP contribution in [0.3, 0.4) is 0 Å². The molecule has 0 aliphatic carbocycles. The first-order valence-electron chi connectivity index (χ1n) is 2.49. The second kappa shape index (κ2) is 6.44. The molecule has 0 aromatic carbocycles. The SMILES string of the molecule is Br.CCC(O)CC. The van der Waals surface area contributed by atoms with Gasteiger partial charge in [0.1, 0.15) is 0 Å². The molecule has 7 heavy (non-hydrogen) atoms. The highest BCUT2D eigenvalue weighted by molar-refractivity contribution is 8.93. The molecule has 0 saturated carbocycles. The molecule has 0 aliphatic heterocycles. The van der Waals surface area contributed by atoms with Gasteiger partial charge in [-0.3, -0.25) is 0 Å². The van der Waals surface area contributed by atoms with Crippen LogP contribution in [-0.4, -0.2) is 11.2 Å². The Morgan fingerprint density at radius 2 is 1.57 bits per heavy atom. The normalized spacial score (nSPS) is 8.57. The van der Waals surface area contributed by atoms with E-state index in [1.165, 1.54) is 0 Å². The van der Waals surface area contributed by atoms with E-state index in [1.807, 2.05) is 13.8 Å². The van der Waals surface area contributed by atoms with Gasteiger partial charge in [-0.15, -0.1) is 17.0 Å². The summed E-state index contributed by atoms with van der Waals surface area (Å²) in [5.41, 5.74) is 0. The van der Waals surface area contributed by atoms with Crippen LogP contribution in [-0.2, 0) is 0 Å². The highest BCUT2D eigenvalue weighted by atomic mass is 79.9. The zero-order chi connectivity index (χ0) is 4.99. The fourth-order valence-corrected chi connectivity index (χ4v) is 0.289. The first-order valence-corrected chi connectivity index (χ1v) is 2.49. The summed E-state index contributed by atoms with van der Waals surface area (Å²) in [7, 11) is 0. The highest BCUT2D eigenvalue weighted by Gasteiger charge is 1.90. The minimum absolute atomic E-state index is 0. The largest absolute Gasteiger partial charge is 0.393 e. The average Bonchev–Trinajstić information content (AvgIpc) is 1.65. The van der Waals surface area contributed by atoms with E-state index in [0.717, 1.165) is 12.8 Å². The molecule has 0 bridgehead atoms. The predicted molar refractivity (Wildman–Crippen MR) is 36.9 cm³/mol. The maximum Gasteiger partial charge on any atom is 0.0535 e. The lowest BCUT2D eigenvalue weighted by Gasteiger charge is -1.98. The monoisotopic (exact) mass is 168 g/mol. The fraction of sp³-hybridized carbons (Fsp3) is 1.00. The molecule has 0 amide bonds. The van der Waals surface area contributed by atoms with E-state index in [0.29, 0.717) is 0 Å². The maximum absolute atomic E-state index is 8.67. The molecule has 0 heterocycles. The van der Waals surface area contributed by atoms with Gasteiger partial charge in [-0.1, -0.05) is 13.8 Å². The van der Waals surface area contributed by atoms with Crippen LogP contribution < -0.4 is 0 Å². The molecule has 0 atom stereocenters. The van der Waals surface area contributed by atoms with Crippen molar-refractivity contribution in [3.63, 3.8) is 0 Å². The Morgan fingerprint density at radius 3 is 1.57 bits per heavy atom. The van der Waals surface area contributed by atoms with Crippen LogP contribution in [0.25, 0.3) is 0 Å². The Labute approximate surface area is 55.5 Å². The lowest BCUT2D eigenvalue weighted by atomic mass is 10.2. The Hall–Kier alpha value is 0.440. The number of halogens is 1. The van der Waals surface area contributed by atoms with E-state index in [9.17, 15) is 0 Å². The summed E-state index contributed by atoms with van der Waals surface area (Å²) in [5.74, 6) is 0. The van der Waals surface area contributed by atoms with Crippen molar-refractivity contribution >= 4 is 17.0 Å². The van der Waals surface area contributed by atoms with Gasteiger partial charge in [0.2, 0.25) is 0 Å². The topological polar surface area (TPSA) is 20.2 Å². The lowest BCUT2D eigenvalue weighted by molar-refractivity contribution is 0.166. The van der Waals surface area contributed by atoms with E-state index < -0.39 is 0 Å². The zero-order valence-corrected chi connectivity index (χ0v) is 6.56. The van der Waals surface area contributed by atoms with Crippen LogP contribution in [0.4, 0.5) is 0 Å². The van der Waals surface area contributed by atoms with Crippen molar-refractivity contribution in [2.75, 3.05) is 0 Å². The summed E-state index contributed by atoms with van der Waals surface area (Å²) >= 11 is 0. The molecule has 0 spiro atoms. The van der Waals surface area contributed by atoms with E-state index in [2.05, 4.69) is 0 Å². The van der Waals surface area contributed by atoms with Gasteiger partial charge in [0.25, 0.3) is 0 Å². The Bertz CT molecular complexity index is 27.3. The molecule has 1 N–H and O–H groups in total. The van der Waals surface area contributed by atoms with Gasteiger partial charge in [0.15, 0.2) is 0 Å². The third-order valence-corrected chi connectivity index (χ3v) is 0.942. The quantitative estimate of drug-likeness (QED) is 0.667. The van der Waals surface area contributed by atoms with Crippen molar-refractivity contribution in [3.05, 3.63) is 0 Å². The minimum Gasteiger partial charge on any atom is -0.393 e. The first-order chi connectivity index (χ1) is 2.81. The van der Waals surface area contributed by atoms with Crippen LogP contribution in [0.5, 0.6) is 0 Å². The molecule has 0 fully saturated rings. The third kappa shape index (κ3) is 6.44. The van der Waals surface area contributed by atoms with E-state index in [-0.39, 0.29) is 23.1 Å². The zero-order valence-electron chi connectivity index (χ0n) is 4.85. The molecule has 0 rings (SSSR count). The van der Waals surface area contributed by atoms with E-state index >= 15 is 0 Å². The molecular weight excluding hydrogens is 156 g/mol. The molecule has 0 aliphatic rings. The van der Waals surface area contributed by atoms with Gasteiger partial charge in [0, 0.05) is 0 Å². The van der Waals surface area contributed by atoms with Crippen molar-refractivity contribution < 1.29 is 5.11 Å². The van der Waals surface area contributed by atoms with E-state index in [1.54, 1.807) is 0 Å². The molecular formula is C5H13BrO. The van der Waals surface area contributed by atoms with Crippen molar-refractivity contribution in [1.29, 1.82) is 0 Å². The second-order valence-electron chi connectivity index (χ2n) is 1.47. The van der Waals surface area contributed by atoms with Crippen molar-refractivity contribution in [2.24, 2.45) is 0 Å². The standard InChI is InChI=1S/C5H12O.BrH/c1-3-5(6)4-2;/h5-6H,3-4H2,1-2H3;1H. The van der Waals surface area contributed by atoms with Crippen molar-refractivity contribution in [1.82, 2.24) is 0 Å². The molecule has 0 unspecified atom stereocenters. The molecule has 46 valence electrons. The molecule has 0 radical (unpaired) electrons. The van der Waals surface area contributed by atoms with Crippen molar-refractivity contribution in [3.8, 4) is 0 Å². The summed E-state index contributed by atoms with van der Waals surface area (Å²) in [5, 5.41) is 8.67. The van der Waals surface area contributed by atoms with Gasteiger partial charge in [-0.2, -0.15) is 0 Å². The Kier molecular flexibility index (Phi) is 9.59. The third-order valence-electron chi connectivity index (χ3n) is 0.942. The van der Waals surface area contributed by atoms with Crippen LogP contribution in [0.1, 0.15) is 26.7 Å².